The maximum absolute atomic E-state index is 10.5. The van der Waals surface area contributed by atoms with E-state index in [0.717, 1.165) is 12.1 Å². The van der Waals surface area contributed by atoms with Crippen molar-refractivity contribution in [2.45, 2.75) is 41.0 Å². The number of nitrogens with one attached hydrogen (secondary N) is 1. The van der Waals surface area contributed by atoms with Gasteiger partial charge in [-0.15, -0.1) is 0 Å². The van der Waals surface area contributed by atoms with Crippen LogP contribution in [0.1, 0.15) is 41.0 Å². The van der Waals surface area contributed by atoms with E-state index in [2.05, 4.69) is 38.2 Å². The summed E-state index contributed by atoms with van der Waals surface area (Å²) < 4.78 is 0. The normalized spacial score (nSPS) is 31.3. The van der Waals surface area contributed by atoms with Gasteiger partial charge in [-0.3, -0.25) is 0 Å². The van der Waals surface area contributed by atoms with Crippen LogP contribution in [0.5, 0.6) is 0 Å². The van der Waals surface area contributed by atoms with Gasteiger partial charge in [0.2, 0.25) is 0 Å². The van der Waals surface area contributed by atoms with E-state index in [1.807, 2.05) is 6.92 Å². The standard InChI is InChI=1S/C11H21N3O/c1-7(13-14-9(12)15)8-6-11(8,5)10(2,3)4/h8H,6H2,1-5H3,(H3,12,14,15)/b13-7+. The van der Waals surface area contributed by atoms with Crippen molar-refractivity contribution in [3.05, 3.63) is 0 Å². The Labute approximate surface area is 91.3 Å². The highest BCUT2D eigenvalue weighted by Gasteiger charge is 2.58. The molecule has 2 atom stereocenters. The summed E-state index contributed by atoms with van der Waals surface area (Å²) in [4.78, 5) is 10.5. The Balaban J connectivity index is 2.64. The molecule has 1 aliphatic rings. The topological polar surface area (TPSA) is 67.5 Å². The summed E-state index contributed by atoms with van der Waals surface area (Å²) in [5.74, 6) is 0.462. The molecule has 2 unspecified atom stereocenters. The Morgan fingerprint density at radius 2 is 2.07 bits per heavy atom. The monoisotopic (exact) mass is 211 g/mol. The molecule has 0 aliphatic heterocycles. The minimum Gasteiger partial charge on any atom is -0.350 e. The summed E-state index contributed by atoms with van der Waals surface area (Å²) in [5.41, 5.74) is 8.76. The molecule has 0 heterocycles. The van der Waals surface area contributed by atoms with Crippen LogP contribution in [0.3, 0.4) is 0 Å². The van der Waals surface area contributed by atoms with Crippen LogP contribution < -0.4 is 11.2 Å². The molecule has 1 fully saturated rings. The Morgan fingerprint density at radius 1 is 1.53 bits per heavy atom. The Morgan fingerprint density at radius 3 is 2.40 bits per heavy atom. The third-order valence-corrected chi connectivity index (χ3v) is 3.80. The largest absolute Gasteiger partial charge is 0.350 e. The molecule has 1 saturated carbocycles. The van der Waals surface area contributed by atoms with Crippen LogP contribution in [-0.4, -0.2) is 11.7 Å². The molecule has 0 spiro atoms. The van der Waals surface area contributed by atoms with Gasteiger partial charge in [0.25, 0.3) is 0 Å². The fraction of sp³-hybridized carbons (Fsp3) is 0.818. The highest BCUT2D eigenvalue weighted by atomic mass is 16.2. The zero-order chi connectivity index (χ0) is 11.9. The molecule has 4 heteroatoms. The Kier molecular flexibility index (Phi) is 2.81. The van der Waals surface area contributed by atoms with E-state index >= 15 is 0 Å². The van der Waals surface area contributed by atoms with Crippen LogP contribution in [0.2, 0.25) is 0 Å². The van der Waals surface area contributed by atoms with Crippen molar-refractivity contribution in [3.8, 4) is 0 Å². The van der Waals surface area contributed by atoms with Gasteiger partial charge >= 0.3 is 6.03 Å². The number of carbonyl (C=O) groups excluding carboxylic acids is 1. The van der Waals surface area contributed by atoms with E-state index in [-0.39, 0.29) is 5.41 Å². The summed E-state index contributed by atoms with van der Waals surface area (Å²) in [6.07, 6.45) is 1.13. The Hall–Kier alpha value is -1.06. The number of hydrogen-bond donors (Lipinski definition) is 2. The third-order valence-electron chi connectivity index (χ3n) is 3.80. The van der Waals surface area contributed by atoms with Crippen molar-refractivity contribution >= 4 is 11.7 Å². The number of urea groups is 1. The SMILES string of the molecule is C/C(=N\NC(N)=O)C1CC1(C)C(C)(C)C. The van der Waals surface area contributed by atoms with Gasteiger partial charge in [-0.2, -0.15) is 5.10 Å². The molecular weight excluding hydrogens is 190 g/mol. The highest BCUT2D eigenvalue weighted by Crippen LogP contribution is 2.63. The van der Waals surface area contributed by atoms with Gasteiger partial charge < -0.3 is 5.73 Å². The maximum atomic E-state index is 10.5. The second-order valence-corrected chi connectivity index (χ2v) is 5.65. The second kappa shape index (κ2) is 3.51. The zero-order valence-corrected chi connectivity index (χ0v) is 10.2. The summed E-state index contributed by atoms with van der Waals surface area (Å²) in [6, 6.07) is -0.604. The van der Waals surface area contributed by atoms with E-state index in [1.54, 1.807) is 0 Å². The van der Waals surface area contributed by atoms with Crippen molar-refractivity contribution in [2.24, 2.45) is 27.6 Å². The molecule has 2 amide bonds. The molecule has 1 rings (SSSR count). The quantitative estimate of drug-likeness (QED) is 0.533. The summed E-state index contributed by atoms with van der Waals surface area (Å²) in [6.45, 7) is 10.9. The summed E-state index contributed by atoms with van der Waals surface area (Å²) >= 11 is 0. The lowest BCUT2D eigenvalue weighted by Crippen LogP contribution is -2.27. The first-order valence-corrected chi connectivity index (χ1v) is 5.28. The van der Waals surface area contributed by atoms with Gasteiger partial charge in [0.15, 0.2) is 0 Å². The molecule has 0 aromatic rings. The molecule has 0 bridgehead atoms. The molecule has 0 saturated heterocycles. The fourth-order valence-corrected chi connectivity index (χ4v) is 2.02. The van der Waals surface area contributed by atoms with E-state index < -0.39 is 6.03 Å². The molecule has 0 radical (unpaired) electrons. The fourth-order valence-electron chi connectivity index (χ4n) is 2.02. The second-order valence-electron chi connectivity index (χ2n) is 5.65. The lowest BCUT2D eigenvalue weighted by molar-refractivity contribution is 0.226. The van der Waals surface area contributed by atoms with Crippen molar-refractivity contribution in [1.82, 2.24) is 5.43 Å². The Bertz CT molecular complexity index is 303. The van der Waals surface area contributed by atoms with Crippen LogP contribution in [-0.2, 0) is 0 Å². The molecule has 1 aliphatic carbocycles. The number of amides is 2. The van der Waals surface area contributed by atoms with Gasteiger partial charge in [0.1, 0.15) is 0 Å². The van der Waals surface area contributed by atoms with Crippen molar-refractivity contribution in [1.29, 1.82) is 0 Å². The number of nitrogens with zero attached hydrogens (tertiary/aromatic N) is 1. The average molecular weight is 211 g/mol. The number of carbonyl (C=O) groups is 1. The molecule has 86 valence electrons. The van der Waals surface area contributed by atoms with E-state index in [0.29, 0.717) is 11.3 Å². The van der Waals surface area contributed by atoms with Gasteiger partial charge in [0, 0.05) is 11.6 Å². The first kappa shape index (κ1) is 12.0. The number of hydrogen-bond acceptors (Lipinski definition) is 2. The van der Waals surface area contributed by atoms with Gasteiger partial charge in [-0.05, 0) is 24.2 Å². The van der Waals surface area contributed by atoms with Crippen molar-refractivity contribution in [3.63, 3.8) is 0 Å². The molecule has 0 aromatic carbocycles. The first-order valence-electron chi connectivity index (χ1n) is 5.28. The van der Waals surface area contributed by atoms with Gasteiger partial charge in [-0.25, -0.2) is 10.2 Å². The van der Waals surface area contributed by atoms with Crippen LogP contribution >= 0.6 is 0 Å². The van der Waals surface area contributed by atoms with Crippen LogP contribution in [0.25, 0.3) is 0 Å². The minimum absolute atomic E-state index is 0.265. The van der Waals surface area contributed by atoms with Crippen molar-refractivity contribution in [2.75, 3.05) is 0 Å². The average Bonchev–Trinajstić information content (AvgIpc) is 2.74. The molecule has 0 aromatic heterocycles. The predicted octanol–water partition coefficient (Wildman–Crippen LogP) is 2.10. The number of primary amides is 1. The molecule has 15 heavy (non-hydrogen) atoms. The smallest absolute Gasteiger partial charge is 0.332 e. The lowest BCUT2D eigenvalue weighted by atomic mass is 9.77. The van der Waals surface area contributed by atoms with E-state index in [1.165, 1.54) is 0 Å². The molecular formula is C11H21N3O. The van der Waals surface area contributed by atoms with E-state index in [9.17, 15) is 4.79 Å². The van der Waals surface area contributed by atoms with Crippen LogP contribution in [0, 0.1) is 16.7 Å². The van der Waals surface area contributed by atoms with Gasteiger partial charge in [-0.1, -0.05) is 27.7 Å². The third kappa shape index (κ3) is 2.30. The van der Waals surface area contributed by atoms with Gasteiger partial charge in [0.05, 0.1) is 0 Å². The van der Waals surface area contributed by atoms with Crippen LogP contribution in [0.4, 0.5) is 4.79 Å². The first-order chi connectivity index (χ1) is 6.68. The summed E-state index contributed by atoms with van der Waals surface area (Å²) in [5, 5.41) is 3.99. The number of hydrazone groups is 1. The van der Waals surface area contributed by atoms with Crippen molar-refractivity contribution < 1.29 is 4.79 Å². The number of rotatable bonds is 2. The number of nitrogens with two attached hydrogens (primary N) is 1. The molecule has 3 N–H and O–H groups in total. The molecule has 4 nitrogen and oxygen atoms in total. The van der Waals surface area contributed by atoms with E-state index in [4.69, 9.17) is 5.73 Å². The predicted molar refractivity (Wildman–Crippen MR) is 61.5 cm³/mol. The minimum atomic E-state index is -0.604. The van der Waals surface area contributed by atoms with Crippen LogP contribution in [0.15, 0.2) is 5.10 Å². The lowest BCUT2D eigenvalue weighted by Gasteiger charge is -2.28. The highest BCUT2D eigenvalue weighted by molar-refractivity contribution is 5.89. The summed E-state index contributed by atoms with van der Waals surface area (Å²) in [7, 11) is 0. The zero-order valence-electron chi connectivity index (χ0n) is 10.2. The maximum Gasteiger partial charge on any atom is 0.332 e.